The third-order valence-electron chi connectivity index (χ3n) is 3.38. The van der Waals surface area contributed by atoms with Gasteiger partial charge in [-0.1, -0.05) is 64.5 Å². The lowest BCUT2D eigenvalue weighted by atomic mass is 10.2. The van der Waals surface area contributed by atoms with E-state index < -0.39 is 0 Å². The first-order valence-corrected chi connectivity index (χ1v) is 9.86. The lowest BCUT2D eigenvalue weighted by Gasteiger charge is -1.90. The van der Waals surface area contributed by atoms with Crippen molar-refractivity contribution in [2.75, 3.05) is 25.2 Å². The molecule has 1 heterocycles. The van der Waals surface area contributed by atoms with E-state index in [-0.39, 0.29) is 18.2 Å². The molecule has 2 aromatic rings. The Kier molecular flexibility index (Phi) is 13.1. The van der Waals surface area contributed by atoms with Gasteiger partial charge in [0.2, 0.25) is 0 Å². The Bertz CT molecular complexity index is 601. The molecule has 0 unspecified atom stereocenters. The Hall–Kier alpha value is -1.82. The minimum atomic E-state index is -0.244. The Morgan fingerprint density at radius 3 is 1.59 bits per heavy atom. The Morgan fingerprint density at radius 2 is 1.26 bits per heavy atom. The quantitative estimate of drug-likeness (QED) is 0.605. The minimum Gasteiger partial charge on any atom is -0.392 e. The summed E-state index contributed by atoms with van der Waals surface area (Å²) in [5, 5.41) is 9.25. The smallest absolute Gasteiger partial charge is 0.123 e. The van der Waals surface area contributed by atoms with Crippen LogP contribution < -0.4 is 0 Å². The van der Waals surface area contributed by atoms with Gasteiger partial charge in [0.15, 0.2) is 0 Å². The summed E-state index contributed by atoms with van der Waals surface area (Å²) in [7, 11) is 0. The molecular formula is C22H25BrF2O2. The average Bonchev–Trinajstić information content (AvgIpc) is 3.28. The van der Waals surface area contributed by atoms with Crippen LogP contribution in [0.25, 0.3) is 12.2 Å². The second-order valence-electron chi connectivity index (χ2n) is 5.56. The molecule has 0 aliphatic carbocycles. The third-order valence-corrected chi connectivity index (χ3v) is 3.76. The zero-order valence-corrected chi connectivity index (χ0v) is 16.7. The third kappa shape index (κ3) is 12.2. The van der Waals surface area contributed by atoms with Crippen LogP contribution in [0.15, 0.2) is 60.7 Å². The van der Waals surface area contributed by atoms with Crippen molar-refractivity contribution in [3.8, 4) is 0 Å². The molecule has 0 bridgehead atoms. The minimum absolute atomic E-state index is 0.0113. The van der Waals surface area contributed by atoms with Gasteiger partial charge in [-0.15, -0.1) is 0 Å². The molecule has 5 heteroatoms. The molecule has 1 aliphatic heterocycles. The zero-order valence-electron chi connectivity index (χ0n) is 15.2. The first-order chi connectivity index (χ1) is 13.2. The molecule has 146 valence electrons. The van der Waals surface area contributed by atoms with Gasteiger partial charge in [-0.05, 0) is 48.2 Å². The van der Waals surface area contributed by atoms with E-state index in [2.05, 4.69) is 15.9 Å². The lowest BCUT2D eigenvalue weighted by molar-refractivity contribution is 0.198. The largest absolute Gasteiger partial charge is 0.392 e. The van der Waals surface area contributed by atoms with Crippen LogP contribution >= 0.6 is 15.9 Å². The van der Waals surface area contributed by atoms with Crippen molar-refractivity contribution in [2.24, 2.45) is 0 Å². The molecule has 0 amide bonds. The molecule has 0 atom stereocenters. The number of rotatable bonds is 4. The van der Waals surface area contributed by atoms with E-state index in [1.165, 1.54) is 37.1 Å². The maximum Gasteiger partial charge on any atom is 0.123 e. The van der Waals surface area contributed by atoms with Crippen molar-refractivity contribution in [3.05, 3.63) is 83.4 Å². The van der Waals surface area contributed by atoms with Crippen LogP contribution in [0, 0.1) is 11.6 Å². The SMILES string of the molecule is C1CCOC1.Fc1ccc(/C=C/CBr)cc1.OC/C=C/c1ccc(F)cc1. The number of hydrogen-bond acceptors (Lipinski definition) is 2. The topological polar surface area (TPSA) is 29.5 Å². The van der Waals surface area contributed by atoms with Crippen molar-refractivity contribution in [1.29, 1.82) is 0 Å². The fourth-order valence-corrected chi connectivity index (χ4v) is 2.21. The van der Waals surface area contributed by atoms with Crippen LogP contribution in [-0.2, 0) is 4.74 Å². The summed E-state index contributed by atoms with van der Waals surface area (Å²) in [4.78, 5) is 0. The van der Waals surface area contributed by atoms with E-state index in [0.29, 0.717) is 0 Å². The van der Waals surface area contributed by atoms with Crippen LogP contribution in [-0.4, -0.2) is 30.3 Å². The summed E-state index contributed by atoms with van der Waals surface area (Å²) < 4.78 is 29.7. The lowest BCUT2D eigenvalue weighted by Crippen LogP contribution is -1.75. The van der Waals surface area contributed by atoms with Gasteiger partial charge in [-0.2, -0.15) is 0 Å². The van der Waals surface area contributed by atoms with Crippen LogP contribution in [0.5, 0.6) is 0 Å². The monoisotopic (exact) mass is 438 g/mol. The molecule has 2 aromatic carbocycles. The van der Waals surface area contributed by atoms with Crippen molar-refractivity contribution >= 4 is 28.1 Å². The van der Waals surface area contributed by atoms with Gasteiger partial charge in [0, 0.05) is 18.5 Å². The van der Waals surface area contributed by atoms with E-state index in [0.717, 1.165) is 29.7 Å². The molecule has 0 aromatic heterocycles. The number of halogens is 3. The van der Waals surface area contributed by atoms with Gasteiger partial charge in [0.1, 0.15) is 11.6 Å². The van der Waals surface area contributed by atoms with Crippen LogP contribution in [0.1, 0.15) is 24.0 Å². The number of ether oxygens (including phenoxy) is 1. The van der Waals surface area contributed by atoms with Gasteiger partial charge in [-0.3, -0.25) is 0 Å². The number of hydrogen-bond donors (Lipinski definition) is 1. The van der Waals surface area contributed by atoms with Crippen LogP contribution in [0.4, 0.5) is 8.78 Å². The first-order valence-electron chi connectivity index (χ1n) is 8.74. The van der Waals surface area contributed by atoms with Gasteiger partial charge < -0.3 is 9.84 Å². The van der Waals surface area contributed by atoms with Gasteiger partial charge in [-0.25, -0.2) is 8.78 Å². The molecule has 1 fully saturated rings. The first kappa shape index (κ1) is 23.2. The van der Waals surface area contributed by atoms with Crippen molar-refractivity contribution in [2.45, 2.75) is 12.8 Å². The second-order valence-corrected chi connectivity index (χ2v) is 6.21. The van der Waals surface area contributed by atoms with Crippen LogP contribution in [0.2, 0.25) is 0 Å². The summed E-state index contributed by atoms with van der Waals surface area (Å²) in [5.41, 5.74) is 1.91. The summed E-state index contributed by atoms with van der Waals surface area (Å²) in [6, 6.07) is 12.5. The van der Waals surface area contributed by atoms with Crippen LogP contribution in [0.3, 0.4) is 0 Å². The Labute approximate surface area is 168 Å². The van der Waals surface area contributed by atoms with Crippen molar-refractivity contribution in [3.63, 3.8) is 0 Å². The standard InChI is InChI=1S/C9H8BrF.C9H9FO.C4H8O/c10-7-1-2-8-3-5-9(11)6-4-8;10-9-5-3-8(4-6-9)2-1-7-11;1-2-4-5-3-1/h1-6H,7H2;1-6,11H,7H2;1-4H2/b2*2-1+;. The summed E-state index contributed by atoms with van der Waals surface area (Å²) in [6.07, 6.45) is 9.80. The Balaban J connectivity index is 0.000000216. The molecule has 27 heavy (non-hydrogen) atoms. The molecule has 2 nitrogen and oxygen atoms in total. The summed E-state index contributed by atoms with van der Waals surface area (Å²) in [6.45, 7) is 2.01. The highest BCUT2D eigenvalue weighted by Crippen LogP contribution is 2.05. The fraction of sp³-hybridized carbons (Fsp3) is 0.273. The van der Waals surface area contributed by atoms with E-state index in [9.17, 15) is 8.78 Å². The predicted molar refractivity (Wildman–Crippen MR) is 112 cm³/mol. The van der Waals surface area contributed by atoms with Crippen molar-refractivity contribution in [1.82, 2.24) is 0 Å². The normalized spacial score (nSPS) is 13.2. The van der Waals surface area contributed by atoms with E-state index in [1.807, 2.05) is 12.2 Å². The van der Waals surface area contributed by atoms with Gasteiger partial charge in [0.25, 0.3) is 0 Å². The molecule has 1 aliphatic rings. The molecule has 0 radical (unpaired) electrons. The van der Waals surface area contributed by atoms with Crippen molar-refractivity contribution < 1.29 is 18.6 Å². The number of allylic oxidation sites excluding steroid dienone is 1. The zero-order chi connectivity index (χ0) is 19.7. The predicted octanol–water partition coefficient (Wildman–Crippen LogP) is 5.86. The highest BCUT2D eigenvalue weighted by atomic mass is 79.9. The molecule has 3 rings (SSSR count). The van der Waals surface area contributed by atoms with E-state index >= 15 is 0 Å². The Morgan fingerprint density at radius 1 is 0.815 bits per heavy atom. The highest BCUT2D eigenvalue weighted by molar-refractivity contribution is 9.09. The molecule has 0 spiro atoms. The molecule has 0 saturated carbocycles. The number of alkyl halides is 1. The molecular weight excluding hydrogens is 414 g/mol. The fourth-order valence-electron chi connectivity index (χ4n) is 2.03. The highest BCUT2D eigenvalue weighted by Gasteiger charge is 1.94. The average molecular weight is 439 g/mol. The number of aliphatic hydroxyl groups excluding tert-OH is 1. The summed E-state index contributed by atoms with van der Waals surface area (Å²) in [5.74, 6) is -0.438. The molecule has 1 saturated heterocycles. The number of aliphatic hydroxyl groups is 1. The van der Waals surface area contributed by atoms with E-state index in [1.54, 1.807) is 36.4 Å². The summed E-state index contributed by atoms with van der Waals surface area (Å²) >= 11 is 3.26. The maximum atomic E-state index is 12.4. The van der Waals surface area contributed by atoms with Gasteiger partial charge >= 0.3 is 0 Å². The van der Waals surface area contributed by atoms with E-state index in [4.69, 9.17) is 9.84 Å². The van der Waals surface area contributed by atoms with Gasteiger partial charge in [0.05, 0.1) is 6.61 Å². The molecule has 1 N–H and O–H groups in total. The maximum absolute atomic E-state index is 12.4. The second kappa shape index (κ2) is 15.3. The number of benzene rings is 2.